The van der Waals surface area contributed by atoms with Gasteiger partial charge in [-0.3, -0.25) is 0 Å². The highest BCUT2D eigenvalue weighted by Crippen LogP contribution is 2.26. The molecule has 0 unspecified atom stereocenters. The van der Waals surface area contributed by atoms with Crippen LogP contribution >= 0.6 is 0 Å². The van der Waals surface area contributed by atoms with Gasteiger partial charge in [0, 0.05) is 38.6 Å². The van der Waals surface area contributed by atoms with Crippen molar-refractivity contribution in [3.05, 3.63) is 59.7 Å². The Morgan fingerprint density at radius 1 is 1.16 bits per heavy atom. The smallest absolute Gasteiger partial charge is 0.183 e. The van der Waals surface area contributed by atoms with Crippen molar-refractivity contribution in [3.63, 3.8) is 0 Å². The second kappa shape index (κ2) is 9.39. The molecule has 0 amide bonds. The fourth-order valence-electron chi connectivity index (χ4n) is 4.23. The summed E-state index contributed by atoms with van der Waals surface area (Å²) in [4.78, 5) is 2.83. The van der Waals surface area contributed by atoms with E-state index in [0.717, 1.165) is 26.1 Å². The second-order valence-corrected chi connectivity index (χ2v) is 10.9. The second-order valence-electron chi connectivity index (χ2n) is 8.67. The van der Waals surface area contributed by atoms with Crippen LogP contribution in [0.1, 0.15) is 18.1 Å². The maximum absolute atomic E-state index is 12.5. The SMILES string of the molecule is C[C@@H]1CN(CCc2cccc(C#N)c2)C[C@H]1COc1ccc(S(=O)(=O)C2CNC2)cc1. The molecule has 2 fully saturated rings. The summed E-state index contributed by atoms with van der Waals surface area (Å²) >= 11 is 0. The first-order valence-electron chi connectivity index (χ1n) is 10.8. The molecule has 2 heterocycles. The molecule has 2 aliphatic heterocycles. The number of benzene rings is 2. The third kappa shape index (κ3) is 5.09. The van der Waals surface area contributed by atoms with Crippen LogP contribution in [0.5, 0.6) is 5.75 Å². The first-order valence-corrected chi connectivity index (χ1v) is 12.4. The number of sulfone groups is 1. The minimum absolute atomic E-state index is 0.313. The Labute approximate surface area is 184 Å². The number of likely N-dealkylation sites (tertiary alicyclic amines) is 1. The zero-order valence-corrected chi connectivity index (χ0v) is 18.6. The molecule has 164 valence electrons. The summed E-state index contributed by atoms with van der Waals surface area (Å²) in [6, 6.07) is 16.8. The van der Waals surface area contributed by atoms with Crippen LogP contribution < -0.4 is 10.1 Å². The van der Waals surface area contributed by atoms with E-state index in [9.17, 15) is 8.42 Å². The van der Waals surface area contributed by atoms with Crippen LogP contribution in [0, 0.1) is 23.2 Å². The Hall–Kier alpha value is -2.40. The molecule has 31 heavy (non-hydrogen) atoms. The average molecular weight is 440 g/mol. The molecule has 0 aromatic heterocycles. The van der Waals surface area contributed by atoms with E-state index in [0.29, 0.717) is 47.7 Å². The molecule has 2 atom stereocenters. The van der Waals surface area contributed by atoms with E-state index in [4.69, 9.17) is 10.00 Å². The highest BCUT2D eigenvalue weighted by molar-refractivity contribution is 7.92. The van der Waals surface area contributed by atoms with Gasteiger partial charge in [-0.2, -0.15) is 5.26 Å². The van der Waals surface area contributed by atoms with Crippen molar-refractivity contribution in [1.29, 1.82) is 5.26 Å². The molecule has 7 heteroatoms. The van der Waals surface area contributed by atoms with E-state index in [1.807, 2.05) is 18.2 Å². The molecule has 0 radical (unpaired) electrons. The van der Waals surface area contributed by atoms with Gasteiger partial charge < -0.3 is 15.0 Å². The Morgan fingerprint density at radius 3 is 2.61 bits per heavy atom. The third-order valence-corrected chi connectivity index (χ3v) is 8.56. The molecule has 0 spiro atoms. The number of hydrogen-bond acceptors (Lipinski definition) is 6. The summed E-state index contributed by atoms with van der Waals surface area (Å²) in [5, 5.41) is 11.7. The molecular weight excluding hydrogens is 410 g/mol. The van der Waals surface area contributed by atoms with E-state index in [1.54, 1.807) is 24.3 Å². The van der Waals surface area contributed by atoms with Crippen LogP contribution in [0.2, 0.25) is 0 Å². The average Bonchev–Trinajstić information content (AvgIpc) is 3.09. The number of nitrogens with one attached hydrogen (secondary N) is 1. The molecule has 0 bridgehead atoms. The molecule has 0 saturated carbocycles. The van der Waals surface area contributed by atoms with Crippen molar-refractivity contribution in [2.75, 3.05) is 39.3 Å². The summed E-state index contributed by atoms with van der Waals surface area (Å²) in [7, 11) is -3.24. The van der Waals surface area contributed by atoms with Gasteiger partial charge in [-0.1, -0.05) is 19.1 Å². The first kappa shape index (κ1) is 21.8. The quantitative estimate of drug-likeness (QED) is 0.681. The van der Waals surface area contributed by atoms with Gasteiger partial charge >= 0.3 is 0 Å². The molecule has 6 nitrogen and oxygen atoms in total. The van der Waals surface area contributed by atoms with Crippen molar-refractivity contribution >= 4 is 9.84 Å². The topological polar surface area (TPSA) is 82.4 Å². The monoisotopic (exact) mass is 439 g/mol. The summed E-state index contributed by atoms with van der Waals surface area (Å²) in [6.45, 7) is 6.94. The molecule has 4 rings (SSSR count). The van der Waals surface area contributed by atoms with Crippen molar-refractivity contribution in [3.8, 4) is 11.8 Å². The lowest BCUT2D eigenvalue weighted by Gasteiger charge is -2.26. The Balaban J connectivity index is 1.26. The molecular formula is C24H29N3O3S. The van der Waals surface area contributed by atoms with Crippen molar-refractivity contribution in [1.82, 2.24) is 10.2 Å². The highest BCUT2D eigenvalue weighted by Gasteiger charge is 2.32. The van der Waals surface area contributed by atoms with Gasteiger partial charge in [-0.25, -0.2) is 8.42 Å². The first-order chi connectivity index (χ1) is 15.0. The molecule has 2 saturated heterocycles. The zero-order valence-electron chi connectivity index (χ0n) is 17.8. The summed E-state index contributed by atoms with van der Waals surface area (Å²) < 4.78 is 30.9. The predicted octanol–water partition coefficient (Wildman–Crippen LogP) is 2.49. The fraction of sp³-hybridized carbons (Fsp3) is 0.458. The van der Waals surface area contributed by atoms with Gasteiger partial charge in [0.2, 0.25) is 0 Å². The van der Waals surface area contributed by atoms with Crippen molar-refractivity contribution in [2.24, 2.45) is 11.8 Å². The maximum atomic E-state index is 12.5. The summed E-state index contributed by atoms with van der Waals surface area (Å²) in [6.07, 6.45) is 0.933. The molecule has 2 aromatic rings. The van der Waals surface area contributed by atoms with Gasteiger partial charge in [-0.15, -0.1) is 0 Å². The predicted molar refractivity (Wildman–Crippen MR) is 120 cm³/mol. The van der Waals surface area contributed by atoms with E-state index in [-0.39, 0.29) is 5.25 Å². The minimum Gasteiger partial charge on any atom is -0.493 e. The standard InChI is InChI=1S/C24H29N3O3S/c1-18-15-27(10-9-19-3-2-4-20(11-19)12-25)16-21(18)17-30-22-5-7-23(8-6-22)31(28,29)24-13-26-14-24/h2-8,11,18,21,24,26H,9-10,13-17H2,1H3/t18-,21+/m1/s1. The van der Waals surface area contributed by atoms with Gasteiger partial charge in [0.25, 0.3) is 0 Å². The zero-order chi connectivity index (χ0) is 21.8. The highest BCUT2D eigenvalue weighted by atomic mass is 32.2. The summed E-state index contributed by atoms with van der Waals surface area (Å²) in [5.41, 5.74) is 1.90. The number of ether oxygens (including phenoxy) is 1. The van der Waals surface area contributed by atoms with Crippen LogP contribution in [0.4, 0.5) is 0 Å². The number of nitriles is 1. The molecule has 1 N–H and O–H groups in total. The molecule has 0 aliphatic carbocycles. The fourth-order valence-corrected chi connectivity index (χ4v) is 5.80. The van der Waals surface area contributed by atoms with E-state index >= 15 is 0 Å². The van der Waals surface area contributed by atoms with E-state index in [1.165, 1.54) is 5.56 Å². The van der Waals surface area contributed by atoms with Crippen LogP contribution in [-0.4, -0.2) is 57.9 Å². The largest absolute Gasteiger partial charge is 0.493 e. The van der Waals surface area contributed by atoms with Crippen molar-refractivity contribution < 1.29 is 13.2 Å². The molecule has 2 aromatic carbocycles. The lowest BCUT2D eigenvalue weighted by molar-refractivity contribution is 0.225. The lowest BCUT2D eigenvalue weighted by Crippen LogP contribution is -2.51. The maximum Gasteiger partial charge on any atom is 0.183 e. The van der Waals surface area contributed by atoms with E-state index < -0.39 is 9.84 Å². The van der Waals surface area contributed by atoms with Gasteiger partial charge in [0.05, 0.1) is 28.4 Å². The Kier molecular flexibility index (Phi) is 6.61. The minimum atomic E-state index is -3.24. The third-order valence-electron chi connectivity index (χ3n) is 6.42. The number of nitrogens with zero attached hydrogens (tertiary/aromatic N) is 2. The normalized spacial score (nSPS) is 22.1. The Bertz CT molecular complexity index is 1040. The lowest BCUT2D eigenvalue weighted by atomic mass is 9.99. The van der Waals surface area contributed by atoms with Crippen LogP contribution in [0.3, 0.4) is 0 Å². The number of hydrogen-bond donors (Lipinski definition) is 1. The summed E-state index contributed by atoms with van der Waals surface area (Å²) in [5.74, 6) is 1.69. The Morgan fingerprint density at radius 2 is 1.94 bits per heavy atom. The van der Waals surface area contributed by atoms with Crippen molar-refractivity contribution in [2.45, 2.75) is 23.5 Å². The molecule has 2 aliphatic rings. The van der Waals surface area contributed by atoms with Crippen LogP contribution in [0.15, 0.2) is 53.4 Å². The van der Waals surface area contributed by atoms with Gasteiger partial charge in [0.1, 0.15) is 5.75 Å². The van der Waals surface area contributed by atoms with Crippen LogP contribution in [0.25, 0.3) is 0 Å². The van der Waals surface area contributed by atoms with Gasteiger partial charge in [-0.05, 0) is 54.3 Å². The van der Waals surface area contributed by atoms with Crippen LogP contribution in [-0.2, 0) is 16.3 Å². The van der Waals surface area contributed by atoms with Gasteiger partial charge in [0.15, 0.2) is 9.84 Å². The number of rotatable bonds is 8. The van der Waals surface area contributed by atoms with E-state index in [2.05, 4.69) is 29.3 Å².